The highest BCUT2D eigenvalue weighted by Crippen LogP contribution is 2.35. The van der Waals surface area contributed by atoms with Crippen molar-refractivity contribution >= 4 is 51.9 Å². The second-order valence-corrected chi connectivity index (χ2v) is 4.62. The number of anilines is 3. The molecule has 2 nitrogen and oxygen atoms in total. The molecule has 0 atom stereocenters. The summed E-state index contributed by atoms with van der Waals surface area (Å²) in [5.41, 5.74) is 7.71. The average molecular weight is 288 g/mol. The first kappa shape index (κ1) is 12.4. The van der Waals surface area contributed by atoms with E-state index >= 15 is 0 Å². The van der Waals surface area contributed by atoms with Gasteiger partial charge in [-0.2, -0.15) is 0 Å². The van der Waals surface area contributed by atoms with Crippen LogP contribution in [0.3, 0.4) is 0 Å². The van der Waals surface area contributed by atoms with Gasteiger partial charge >= 0.3 is 0 Å². The first-order chi connectivity index (χ1) is 8.09. The van der Waals surface area contributed by atoms with Crippen LogP contribution in [0.25, 0.3) is 0 Å². The Kier molecular flexibility index (Phi) is 3.67. The van der Waals surface area contributed by atoms with E-state index in [0.29, 0.717) is 32.1 Å². The summed E-state index contributed by atoms with van der Waals surface area (Å²) in [6, 6.07) is 10.7. The number of nitrogens with two attached hydrogens (primary N) is 1. The Bertz CT molecular complexity index is 506. The van der Waals surface area contributed by atoms with Gasteiger partial charge in [-0.3, -0.25) is 0 Å². The van der Waals surface area contributed by atoms with Crippen LogP contribution < -0.4 is 11.1 Å². The molecular weight excluding hydrogens is 279 g/mol. The smallest absolute Gasteiger partial charge is 0.0827 e. The molecule has 0 aliphatic rings. The fraction of sp³-hybridized carbons (Fsp3) is 0. The van der Waals surface area contributed by atoms with Crippen molar-refractivity contribution in [2.75, 3.05) is 11.1 Å². The number of nitrogen functional groups attached to an aromatic ring is 1. The Balaban J connectivity index is 2.38. The normalized spacial score (nSPS) is 10.3. The maximum atomic E-state index is 6.07. The summed E-state index contributed by atoms with van der Waals surface area (Å²) >= 11 is 17.9. The van der Waals surface area contributed by atoms with Gasteiger partial charge in [0.1, 0.15) is 0 Å². The molecule has 0 bridgehead atoms. The van der Waals surface area contributed by atoms with Gasteiger partial charge in [-0.1, -0.05) is 46.9 Å². The zero-order valence-electron chi connectivity index (χ0n) is 8.68. The highest BCUT2D eigenvalue weighted by atomic mass is 35.5. The van der Waals surface area contributed by atoms with Crippen LogP contribution in [-0.2, 0) is 0 Å². The predicted octanol–water partition coefficient (Wildman–Crippen LogP) is 4.97. The second kappa shape index (κ2) is 5.05. The molecule has 0 aromatic heterocycles. The van der Waals surface area contributed by atoms with Crippen molar-refractivity contribution in [2.24, 2.45) is 0 Å². The minimum absolute atomic E-state index is 0.452. The van der Waals surface area contributed by atoms with Gasteiger partial charge in [-0.15, -0.1) is 0 Å². The zero-order chi connectivity index (χ0) is 12.4. The van der Waals surface area contributed by atoms with Crippen molar-refractivity contribution in [3.63, 3.8) is 0 Å². The molecule has 0 saturated heterocycles. The van der Waals surface area contributed by atoms with Gasteiger partial charge in [0.25, 0.3) is 0 Å². The molecule has 0 saturated carbocycles. The van der Waals surface area contributed by atoms with Crippen molar-refractivity contribution in [1.82, 2.24) is 0 Å². The van der Waals surface area contributed by atoms with E-state index in [1.165, 1.54) is 0 Å². The van der Waals surface area contributed by atoms with E-state index in [-0.39, 0.29) is 0 Å². The summed E-state index contributed by atoms with van der Waals surface area (Å²) in [6.45, 7) is 0. The molecular formula is C12H9Cl3N2. The van der Waals surface area contributed by atoms with Crippen LogP contribution in [0.1, 0.15) is 0 Å². The summed E-state index contributed by atoms with van der Waals surface area (Å²) in [7, 11) is 0. The Morgan fingerprint density at radius 1 is 0.824 bits per heavy atom. The molecule has 0 fully saturated rings. The lowest BCUT2D eigenvalue weighted by Crippen LogP contribution is -1.97. The van der Waals surface area contributed by atoms with E-state index in [1.807, 2.05) is 12.1 Å². The molecule has 0 aliphatic heterocycles. The molecule has 0 amide bonds. The number of hydrogen-bond donors (Lipinski definition) is 2. The maximum absolute atomic E-state index is 6.07. The van der Waals surface area contributed by atoms with E-state index in [9.17, 15) is 0 Å². The van der Waals surface area contributed by atoms with Gasteiger partial charge in [0, 0.05) is 0 Å². The number of para-hydroxylation sites is 1. The number of rotatable bonds is 2. The van der Waals surface area contributed by atoms with Gasteiger partial charge in [0.05, 0.1) is 32.1 Å². The third-order valence-electron chi connectivity index (χ3n) is 2.27. The lowest BCUT2D eigenvalue weighted by atomic mass is 10.2. The molecule has 0 aliphatic carbocycles. The SMILES string of the molecule is Nc1c(Cl)cccc1Nc1cccc(Cl)c1Cl. The molecule has 2 aromatic carbocycles. The van der Waals surface area contributed by atoms with E-state index in [4.69, 9.17) is 40.5 Å². The molecule has 0 spiro atoms. The van der Waals surface area contributed by atoms with E-state index in [1.54, 1.807) is 24.3 Å². The number of hydrogen-bond acceptors (Lipinski definition) is 2. The molecule has 3 N–H and O–H groups in total. The van der Waals surface area contributed by atoms with Gasteiger partial charge in [0.2, 0.25) is 0 Å². The summed E-state index contributed by atoms with van der Waals surface area (Å²) < 4.78 is 0. The largest absolute Gasteiger partial charge is 0.396 e. The Morgan fingerprint density at radius 2 is 1.41 bits per heavy atom. The van der Waals surface area contributed by atoms with Crippen LogP contribution in [0, 0.1) is 0 Å². The molecule has 88 valence electrons. The topological polar surface area (TPSA) is 38.0 Å². The van der Waals surface area contributed by atoms with E-state index < -0.39 is 0 Å². The van der Waals surface area contributed by atoms with Crippen molar-refractivity contribution < 1.29 is 0 Å². The highest BCUT2D eigenvalue weighted by molar-refractivity contribution is 6.43. The standard InChI is InChI=1S/C12H9Cl3N2/c13-7-3-1-5-9(11(7)15)17-10-6-2-4-8(14)12(10)16/h1-6,17H,16H2. The zero-order valence-corrected chi connectivity index (χ0v) is 10.9. The fourth-order valence-corrected chi connectivity index (χ4v) is 1.91. The Hall–Kier alpha value is -1.09. The van der Waals surface area contributed by atoms with Crippen LogP contribution in [0.15, 0.2) is 36.4 Å². The van der Waals surface area contributed by atoms with Crippen molar-refractivity contribution in [3.8, 4) is 0 Å². The summed E-state index contributed by atoms with van der Waals surface area (Å²) in [5, 5.41) is 4.53. The fourth-order valence-electron chi connectivity index (χ4n) is 1.39. The quantitative estimate of drug-likeness (QED) is 0.765. The Morgan fingerprint density at radius 3 is 2.12 bits per heavy atom. The van der Waals surface area contributed by atoms with Crippen LogP contribution in [0.5, 0.6) is 0 Å². The number of halogens is 3. The van der Waals surface area contributed by atoms with Gasteiger partial charge in [0.15, 0.2) is 0 Å². The third kappa shape index (κ3) is 2.60. The summed E-state index contributed by atoms with van der Waals surface area (Å²) in [6.07, 6.45) is 0. The molecule has 0 radical (unpaired) electrons. The molecule has 0 heterocycles. The lowest BCUT2D eigenvalue weighted by molar-refractivity contribution is 1.54. The minimum Gasteiger partial charge on any atom is -0.396 e. The number of nitrogens with one attached hydrogen (secondary N) is 1. The monoisotopic (exact) mass is 286 g/mol. The first-order valence-electron chi connectivity index (χ1n) is 4.84. The molecule has 2 rings (SSSR count). The van der Waals surface area contributed by atoms with E-state index in [2.05, 4.69) is 5.32 Å². The van der Waals surface area contributed by atoms with Crippen LogP contribution in [-0.4, -0.2) is 0 Å². The maximum Gasteiger partial charge on any atom is 0.0827 e. The number of benzene rings is 2. The van der Waals surface area contributed by atoms with Gasteiger partial charge in [-0.05, 0) is 24.3 Å². The van der Waals surface area contributed by atoms with Crippen LogP contribution in [0.4, 0.5) is 17.1 Å². The third-order valence-corrected chi connectivity index (χ3v) is 3.42. The first-order valence-corrected chi connectivity index (χ1v) is 5.98. The molecule has 2 aromatic rings. The van der Waals surface area contributed by atoms with Gasteiger partial charge < -0.3 is 11.1 Å². The molecule has 5 heteroatoms. The summed E-state index contributed by atoms with van der Waals surface area (Å²) in [4.78, 5) is 0. The highest BCUT2D eigenvalue weighted by Gasteiger charge is 2.07. The summed E-state index contributed by atoms with van der Waals surface area (Å²) in [5.74, 6) is 0. The molecule has 17 heavy (non-hydrogen) atoms. The van der Waals surface area contributed by atoms with E-state index in [0.717, 1.165) is 0 Å². The van der Waals surface area contributed by atoms with Crippen molar-refractivity contribution in [2.45, 2.75) is 0 Å². The van der Waals surface area contributed by atoms with Crippen molar-refractivity contribution in [1.29, 1.82) is 0 Å². The predicted molar refractivity (Wildman–Crippen MR) is 75.6 cm³/mol. The molecule has 0 unspecified atom stereocenters. The van der Waals surface area contributed by atoms with Crippen LogP contribution >= 0.6 is 34.8 Å². The second-order valence-electron chi connectivity index (χ2n) is 3.43. The minimum atomic E-state index is 0.452. The Labute approximate surface area is 114 Å². The van der Waals surface area contributed by atoms with Gasteiger partial charge in [-0.25, -0.2) is 0 Å². The van der Waals surface area contributed by atoms with Crippen LogP contribution in [0.2, 0.25) is 15.1 Å². The average Bonchev–Trinajstić information content (AvgIpc) is 2.31. The lowest BCUT2D eigenvalue weighted by Gasteiger charge is -2.12. The van der Waals surface area contributed by atoms with Crippen molar-refractivity contribution in [3.05, 3.63) is 51.5 Å².